The zero-order chi connectivity index (χ0) is 17.8. The summed E-state index contributed by atoms with van der Waals surface area (Å²) in [5.41, 5.74) is -1.04. The van der Waals surface area contributed by atoms with E-state index in [9.17, 15) is 18.3 Å². The molecule has 2 atom stereocenters. The third kappa shape index (κ3) is 4.30. The second-order valence-electron chi connectivity index (χ2n) is 5.79. The molecule has 0 aliphatic carbocycles. The van der Waals surface area contributed by atoms with Crippen molar-refractivity contribution in [2.45, 2.75) is 36.9 Å². The number of hydrogen-bond acceptors (Lipinski definition) is 3. The second-order valence-corrected chi connectivity index (χ2v) is 6.83. The standard InChI is InChI=1S/C18H20F3NOS/c1-3-13(2)17(23,15-5-4-10-22-11-15)12-24-16-8-6-14(7-9-16)18(19,20)21/h4-11,13,23H,3,12H2,1-2H3. The maximum absolute atomic E-state index is 12.6. The molecule has 0 aliphatic heterocycles. The summed E-state index contributed by atoms with van der Waals surface area (Å²) in [7, 11) is 0. The lowest BCUT2D eigenvalue weighted by Gasteiger charge is -2.33. The number of aliphatic hydroxyl groups is 1. The zero-order valence-corrected chi connectivity index (χ0v) is 14.4. The van der Waals surface area contributed by atoms with Gasteiger partial charge >= 0.3 is 6.18 Å². The van der Waals surface area contributed by atoms with Crippen molar-refractivity contribution in [1.29, 1.82) is 0 Å². The molecule has 2 aromatic rings. The molecule has 0 aliphatic rings. The first-order chi connectivity index (χ1) is 11.3. The number of rotatable bonds is 6. The highest BCUT2D eigenvalue weighted by Crippen LogP contribution is 2.37. The minimum absolute atomic E-state index is 0.0105. The smallest absolute Gasteiger partial charge is 0.384 e. The Bertz CT molecular complexity index is 646. The van der Waals surface area contributed by atoms with Gasteiger partial charge in [-0.3, -0.25) is 4.98 Å². The van der Waals surface area contributed by atoms with Crippen molar-refractivity contribution in [2.24, 2.45) is 5.92 Å². The normalized spacial score (nSPS) is 15.8. The highest BCUT2D eigenvalue weighted by molar-refractivity contribution is 7.99. The fraction of sp³-hybridized carbons (Fsp3) is 0.389. The summed E-state index contributed by atoms with van der Waals surface area (Å²) >= 11 is 1.34. The van der Waals surface area contributed by atoms with Crippen molar-refractivity contribution in [3.63, 3.8) is 0 Å². The summed E-state index contributed by atoms with van der Waals surface area (Å²) in [6.07, 6.45) is -0.279. The molecule has 0 saturated heterocycles. The van der Waals surface area contributed by atoms with Crippen LogP contribution in [0.5, 0.6) is 0 Å². The summed E-state index contributed by atoms with van der Waals surface area (Å²) in [6, 6.07) is 8.60. The first kappa shape index (κ1) is 18.8. The van der Waals surface area contributed by atoms with Crippen LogP contribution in [0.25, 0.3) is 0 Å². The van der Waals surface area contributed by atoms with E-state index in [4.69, 9.17) is 0 Å². The van der Waals surface area contributed by atoms with Crippen LogP contribution >= 0.6 is 11.8 Å². The Morgan fingerprint density at radius 1 is 1.12 bits per heavy atom. The Hall–Kier alpha value is -1.53. The van der Waals surface area contributed by atoms with Gasteiger partial charge < -0.3 is 5.11 Å². The van der Waals surface area contributed by atoms with Crippen molar-refractivity contribution < 1.29 is 18.3 Å². The molecule has 0 radical (unpaired) electrons. The van der Waals surface area contributed by atoms with E-state index in [1.54, 1.807) is 18.5 Å². The highest BCUT2D eigenvalue weighted by Gasteiger charge is 2.35. The van der Waals surface area contributed by atoms with Crippen LogP contribution in [-0.4, -0.2) is 15.8 Å². The fourth-order valence-electron chi connectivity index (χ4n) is 2.40. The van der Waals surface area contributed by atoms with Crippen LogP contribution in [0.3, 0.4) is 0 Å². The summed E-state index contributed by atoms with van der Waals surface area (Å²) < 4.78 is 37.8. The van der Waals surface area contributed by atoms with Crippen molar-refractivity contribution >= 4 is 11.8 Å². The Morgan fingerprint density at radius 2 is 1.79 bits per heavy atom. The summed E-state index contributed by atoms with van der Waals surface area (Å²) in [5.74, 6) is 0.336. The van der Waals surface area contributed by atoms with Crippen LogP contribution < -0.4 is 0 Å². The Balaban J connectivity index is 2.17. The van der Waals surface area contributed by atoms with Crippen LogP contribution in [0.1, 0.15) is 31.4 Å². The molecule has 130 valence electrons. The van der Waals surface area contributed by atoms with Gasteiger partial charge in [0.25, 0.3) is 0 Å². The number of pyridine rings is 1. The number of hydrogen-bond donors (Lipinski definition) is 1. The quantitative estimate of drug-likeness (QED) is 0.730. The van der Waals surface area contributed by atoms with Crippen LogP contribution in [-0.2, 0) is 11.8 Å². The second kappa shape index (κ2) is 7.57. The van der Waals surface area contributed by atoms with Gasteiger partial charge in [0.2, 0.25) is 0 Å². The van der Waals surface area contributed by atoms with E-state index in [1.807, 2.05) is 19.9 Å². The van der Waals surface area contributed by atoms with E-state index >= 15 is 0 Å². The van der Waals surface area contributed by atoms with Gasteiger partial charge in [-0.1, -0.05) is 26.3 Å². The van der Waals surface area contributed by atoms with E-state index < -0.39 is 17.3 Å². The van der Waals surface area contributed by atoms with E-state index in [0.717, 1.165) is 24.1 Å². The molecular formula is C18H20F3NOS. The van der Waals surface area contributed by atoms with Crippen LogP contribution in [0.15, 0.2) is 53.7 Å². The third-order valence-corrected chi connectivity index (χ3v) is 5.42. The largest absolute Gasteiger partial charge is 0.416 e. The number of alkyl halides is 3. The molecule has 2 unspecified atom stereocenters. The molecule has 6 heteroatoms. The molecule has 24 heavy (non-hydrogen) atoms. The van der Waals surface area contributed by atoms with Crippen molar-refractivity contribution in [3.05, 3.63) is 59.9 Å². The Labute approximate surface area is 144 Å². The predicted molar refractivity (Wildman–Crippen MR) is 89.8 cm³/mol. The SMILES string of the molecule is CCC(C)C(O)(CSc1ccc(C(F)(F)F)cc1)c1cccnc1. The topological polar surface area (TPSA) is 33.1 Å². The lowest BCUT2D eigenvalue weighted by molar-refractivity contribution is -0.137. The van der Waals surface area contributed by atoms with Gasteiger partial charge in [0, 0.05) is 28.6 Å². The molecule has 0 fully saturated rings. The summed E-state index contributed by atoms with van der Waals surface area (Å²) in [4.78, 5) is 4.76. The van der Waals surface area contributed by atoms with Crippen molar-refractivity contribution in [1.82, 2.24) is 4.98 Å². The van der Waals surface area contributed by atoms with Crippen molar-refractivity contribution in [2.75, 3.05) is 5.75 Å². The molecular weight excluding hydrogens is 335 g/mol. The van der Waals surface area contributed by atoms with E-state index in [1.165, 1.54) is 23.9 Å². The minimum atomic E-state index is -4.34. The molecule has 2 rings (SSSR count). The van der Waals surface area contributed by atoms with Gasteiger partial charge in [0.15, 0.2) is 0 Å². The zero-order valence-electron chi connectivity index (χ0n) is 13.5. The fourth-order valence-corrected chi connectivity index (χ4v) is 3.57. The summed E-state index contributed by atoms with van der Waals surface area (Å²) in [5, 5.41) is 11.2. The molecule has 1 N–H and O–H groups in total. The van der Waals surface area contributed by atoms with Crippen LogP contribution in [0.2, 0.25) is 0 Å². The van der Waals surface area contributed by atoms with Gasteiger partial charge in [-0.05, 0) is 36.2 Å². The molecule has 1 aromatic carbocycles. The highest BCUT2D eigenvalue weighted by atomic mass is 32.2. The molecule has 1 aromatic heterocycles. The maximum atomic E-state index is 12.6. The lowest BCUT2D eigenvalue weighted by Crippen LogP contribution is -2.36. The number of nitrogens with zero attached hydrogens (tertiary/aromatic N) is 1. The van der Waals surface area contributed by atoms with E-state index in [0.29, 0.717) is 10.6 Å². The number of thioether (sulfide) groups is 1. The Morgan fingerprint density at radius 3 is 2.29 bits per heavy atom. The number of halogens is 3. The van der Waals surface area contributed by atoms with Gasteiger partial charge in [0.1, 0.15) is 5.60 Å². The molecule has 0 saturated carbocycles. The minimum Gasteiger partial charge on any atom is -0.384 e. The molecule has 2 nitrogen and oxygen atoms in total. The van der Waals surface area contributed by atoms with Gasteiger partial charge in [-0.25, -0.2) is 0 Å². The third-order valence-electron chi connectivity index (χ3n) is 4.23. The predicted octanol–water partition coefficient (Wildman–Crippen LogP) is 5.13. The van der Waals surface area contributed by atoms with Gasteiger partial charge in [-0.2, -0.15) is 13.2 Å². The molecule has 1 heterocycles. The van der Waals surface area contributed by atoms with Gasteiger partial charge in [-0.15, -0.1) is 11.8 Å². The molecule has 0 spiro atoms. The van der Waals surface area contributed by atoms with Gasteiger partial charge in [0.05, 0.1) is 5.56 Å². The van der Waals surface area contributed by atoms with Crippen LogP contribution in [0, 0.1) is 5.92 Å². The maximum Gasteiger partial charge on any atom is 0.416 e. The monoisotopic (exact) mass is 355 g/mol. The average molecular weight is 355 g/mol. The first-order valence-electron chi connectivity index (χ1n) is 7.70. The van der Waals surface area contributed by atoms with E-state index in [-0.39, 0.29) is 5.92 Å². The first-order valence-corrected chi connectivity index (χ1v) is 8.69. The lowest BCUT2D eigenvalue weighted by atomic mass is 9.83. The van der Waals surface area contributed by atoms with Crippen molar-refractivity contribution in [3.8, 4) is 0 Å². The number of benzene rings is 1. The average Bonchev–Trinajstić information content (AvgIpc) is 2.59. The molecule has 0 amide bonds. The van der Waals surface area contributed by atoms with E-state index in [2.05, 4.69) is 4.98 Å². The van der Waals surface area contributed by atoms with Crippen LogP contribution in [0.4, 0.5) is 13.2 Å². The summed E-state index contributed by atoms with van der Waals surface area (Å²) in [6.45, 7) is 3.95. The number of aromatic nitrogens is 1. The molecule has 0 bridgehead atoms. The Kier molecular flexibility index (Phi) is 5.93.